The van der Waals surface area contributed by atoms with E-state index in [-0.39, 0.29) is 6.04 Å². The van der Waals surface area contributed by atoms with E-state index in [1.165, 1.54) is 0 Å². The van der Waals surface area contributed by atoms with Crippen LogP contribution in [0.15, 0.2) is 23.1 Å². The summed E-state index contributed by atoms with van der Waals surface area (Å²) in [5.41, 5.74) is 7.12. The number of aryl methyl sites for hydroxylation is 1. The van der Waals surface area contributed by atoms with E-state index < -0.39 is 10.0 Å². The maximum absolute atomic E-state index is 12.9. The van der Waals surface area contributed by atoms with E-state index in [0.29, 0.717) is 22.9 Å². The van der Waals surface area contributed by atoms with Crippen LogP contribution in [-0.2, 0) is 16.4 Å². The Bertz CT molecular complexity index is 590. The van der Waals surface area contributed by atoms with Crippen molar-refractivity contribution >= 4 is 15.7 Å². The monoisotopic (exact) mass is 310 g/mol. The van der Waals surface area contributed by atoms with Gasteiger partial charge in [-0.3, -0.25) is 0 Å². The number of anilines is 1. The van der Waals surface area contributed by atoms with Crippen LogP contribution < -0.4 is 5.73 Å². The van der Waals surface area contributed by atoms with Crippen LogP contribution in [0.5, 0.6) is 0 Å². The van der Waals surface area contributed by atoms with Gasteiger partial charge in [-0.1, -0.05) is 19.9 Å². The predicted molar refractivity (Wildman–Crippen MR) is 86.6 cm³/mol. The SMILES string of the molecule is CCc1ccc(N)cc1S(=O)(=O)N(C)C1CCC(C)CC1. The quantitative estimate of drug-likeness (QED) is 0.869. The van der Waals surface area contributed by atoms with Gasteiger partial charge in [0.25, 0.3) is 0 Å². The molecule has 0 unspecified atom stereocenters. The van der Waals surface area contributed by atoms with E-state index >= 15 is 0 Å². The van der Waals surface area contributed by atoms with Crippen molar-refractivity contribution in [2.24, 2.45) is 5.92 Å². The number of nitrogen functional groups attached to an aromatic ring is 1. The van der Waals surface area contributed by atoms with Crippen molar-refractivity contribution in [3.8, 4) is 0 Å². The number of hydrogen-bond donors (Lipinski definition) is 1. The van der Waals surface area contributed by atoms with Gasteiger partial charge in [0.05, 0.1) is 4.90 Å². The van der Waals surface area contributed by atoms with Crippen LogP contribution in [-0.4, -0.2) is 25.8 Å². The second-order valence-electron chi connectivity index (χ2n) is 6.16. The van der Waals surface area contributed by atoms with Crippen molar-refractivity contribution in [1.82, 2.24) is 4.31 Å². The summed E-state index contributed by atoms with van der Waals surface area (Å²) in [5.74, 6) is 0.705. The molecule has 0 radical (unpaired) electrons. The zero-order chi connectivity index (χ0) is 15.6. The number of nitrogens with two attached hydrogens (primary N) is 1. The number of sulfonamides is 1. The summed E-state index contributed by atoms with van der Waals surface area (Å²) in [6, 6.07) is 5.28. The minimum absolute atomic E-state index is 0.109. The predicted octanol–water partition coefficient (Wildman–Crippen LogP) is 3.03. The summed E-state index contributed by atoms with van der Waals surface area (Å²) in [7, 11) is -1.76. The largest absolute Gasteiger partial charge is 0.399 e. The summed E-state index contributed by atoms with van der Waals surface area (Å²) in [5, 5.41) is 0. The third-order valence-corrected chi connectivity index (χ3v) is 6.62. The summed E-state index contributed by atoms with van der Waals surface area (Å²) >= 11 is 0. The Labute approximate surface area is 128 Å². The highest BCUT2D eigenvalue weighted by molar-refractivity contribution is 7.89. The molecule has 0 amide bonds. The highest BCUT2D eigenvalue weighted by Crippen LogP contribution is 2.31. The lowest BCUT2D eigenvalue weighted by Gasteiger charge is -2.33. The first kappa shape index (κ1) is 16.3. The molecule has 1 aromatic carbocycles. The molecule has 2 rings (SSSR count). The van der Waals surface area contributed by atoms with Gasteiger partial charge in [0.15, 0.2) is 0 Å². The second kappa shape index (κ2) is 6.36. The molecule has 1 saturated carbocycles. The second-order valence-corrected chi connectivity index (χ2v) is 8.12. The first-order valence-corrected chi connectivity index (χ1v) is 9.16. The van der Waals surface area contributed by atoms with Gasteiger partial charge < -0.3 is 5.73 Å². The third-order valence-electron chi connectivity index (χ3n) is 4.63. The lowest BCUT2D eigenvalue weighted by atomic mass is 9.87. The fourth-order valence-electron chi connectivity index (χ4n) is 3.06. The van der Waals surface area contributed by atoms with E-state index in [2.05, 4.69) is 6.92 Å². The topological polar surface area (TPSA) is 63.4 Å². The molecule has 0 spiro atoms. The van der Waals surface area contributed by atoms with Crippen molar-refractivity contribution < 1.29 is 8.42 Å². The molecule has 5 heteroatoms. The molecule has 2 N–H and O–H groups in total. The number of benzene rings is 1. The van der Waals surface area contributed by atoms with Crippen molar-refractivity contribution in [1.29, 1.82) is 0 Å². The normalized spacial score (nSPS) is 23.4. The number of hydrogen-bond acceptors (Lipinski definition) is 3. The zero-order valence-corrected chi connectivity index (χ0v) is 14.0. The molecule has 1 aromatic rings. The molecule has 1 aliphatic carbocycles. The Morgan fingerprint density at radius 2 is 1.86 bits per heavy atom. The van der Waals surface area contributed by atoms with Crippen LogP contribution in [0.3, 0.4) is 0 Å². The third kappa shape index (κ3) is 3.40. The Balaban J connectivity index is 2.31. The standard InChI is InChI=1S/C16H26N2O2S/c1-4-13-7-8-14(17)11-16(13)21(19,20)18(3)15-9-5-12(2)6-10-15/h7-8,11-12,15H,4-6,9-10,17H2,1-3H3. The maximum Gasteiger partial charge on any atom is 0.243 e. The summed E-state index contributed by atoms with van der Waals surface area (Å²) in [4.78, 5) is 0.367. The Morgan fingerprint density at radius 3 is 2.43 bits per heavy atom. The first-order chi connectivity index (χ1) is 9.86. The molecule has 0 aromatic heterocycles. The van der Waals surface area contributed by atoms with Gasteiger partial charge in [-0.2, -0.15) is 4.31 Å². The maximum atomic E-state index is 12.9. The smallest absolute Gasteiger partial charge is 0.243 e. The van der Waals surface area contributed by atoms with Gasteiger partial charge in [0, 0.05) is 18.8 Å². The molecule has 1 fully saturated rings. The molecule has 118 valence electrons. The molecule has 0 atom stereocenters. The van der Waals surface area contributed by atoms with Crippen LogP contribution in [0.4, 0.5) is 5.69 Å². The lowest BCUT2D eigenvalue weighted by molar-refractivity contribution is 0.246. The highest BCUT2D eigenvalue weighted by Gasteiger charge is 2.31. The van der Waals surface area contributed by atoms with Crippen molar-refractivity contribution in [3.63, 3.8) is 0 Å². The molecule has 1 aliphatic rings. The van der Waals surface area contributed by atoms with Crippen LogP contribution in [0.2, 0.25) is 0 Å². The zero-order valence-electron chi connectivity index (χ0n) is 13.2. The van der Waals surface area contributed by atoms with Gasteiger partial charge >= 0.3 is 0 Å². The van der Waals surface area contributed by atoms with Gasteiger partial charge in [0.1, 0.15) is 0 Å². The van der Waals surface area contributed by atoms with Crippen molar-refractivity contribution in [2.75, 3.05) is 12.8 Å². The van der Waals surface area contributed by atoms with Gasteiger partial charge in [0.2, 0.25) is 10.0 Å². The van der Waals surface area contributed by atoms with Crippen LogP contribution in [0.25, 0.3) is 0 Å². The fourth-order valence-corrected chi connectivity index (χ4v) is 4.80. The first-order valence-electron chi connectivity index (χ1n) is 7.72. The molecule has 0 saturated heterocycles. The molecular formula is C16H26N2O2S. The fraction of sp³-hybridized carbons (Fsp3) is 0.625. The molecule has 21 heavy (non-hydrogen) atoms. The van der Waals surface area contributed by atoms with Crippen LogP contribution in [0.1, 0.15) is 45.1 Å². The molecule has 0 aliphatic heterocycles. The minimum atomic E-state index is -3.47. The molecular weight excluding hydrogens is 284 g/mol. The average Bonchev–Trinajstić information content (AvgIpc) is 2.47. The highest BCUT2D eigenvalue weighted by atomic mass is 32.2. The van der Waals surface area contributed by atoms with Gasteiger partial charge in [-0.15, -0.1) is 0 Å². The van der Waals surface area contributed by atoms with Gasteiger partial charge in [-0.05, 0) is 55.7 Å². The van der Waals surface area contributed by atoms with Crippen molar-refractivity contribution in [3.05, 3.63) is 23.8 Å². The Hall–Kier alpha value is -1.07. The Morgan fingerprint density at radius 1 is 1.24 bits per heavy atom. The average molecular weight is 310 g/mol. The lowest BCUT2D eigenvalue weighted by Crippen LogP contribution is -2.39. The number of rotatable bonds is 4. The van der Waals surface area contributed by atoms with E-state index in [4.69, 9.17) is 5.73 Å². The minimum Gasteiger partial charge on any atom is -0.399 e. The van der Waals surface area contributed by atoms with E-state index in [9.17, 15) is 8.42 Å². The molecule has 0 bridgehead atoms. The molecule has 0 heterocycles. The van der Waals surface area contributed by atoms with Crippen molar-refractivity contribution in [2.45, 2.75) is 56.9 Å². The molecule has 4 nitrogen and oxygen atoms in total. The summed E-state index contributed by atoms with van der Waals surface area (Å²) in [6.07, 6.45) is 4.77. The van der Waals surface area contributed by atoms with Gasteiger partial charge in [-0.25, -0.2) is 8.42 Å². The van der Waals surface area contributed by atoms with Crippen LogP contribution in [0, 0.1) is 5.92 Å². The Kier molecular flexibility index (Phi) is 4.94. The summed E-state index contributed by atoms with van der Waals surface area (Å²) in [6.45, 7) is 4.20. The van der Waals surface area contributed by atoms with E-state index in [1.807, 2.05) is 13.0 Å². The van der Waals surface area contributed by atoms with Crippen LogP contribution >= 0.6 is 0 Å². The number of nitrogens with zero attached hydrogens (tertiary/aromatic N) is 1. The summed E-state index contributed by atoms with van der Waals surface area (Å²) < 4.78 is 27.4. The van der Waals surface area contributed by atoms with E-state index in [1.54, 1.807) is 23.5 Å². The van der Waals surface area contributed by atoms with E-state index in [0.717, 1.165) is 31.2 Å².